The molecular weight excluding hydrogens is 392 g/mol. The predicted molar refractivity (Wildman–Crippen MR) is 132 cm³/mol. The fraction of sp³-hybridized carbons (Fsp3) is 0.500. The number of hydrogen-bond acceptors (Lipinski definition) is 2. The molecule has 0 bridgehead atoms. The van der Waals surface area contributed by atoms with Crippen molar-refractivity contribution < 1.29 is 9.53 Å². The molecule has 0 aliphatic heterocycles. The Labute approximate surface area is 196 Å². The molecule has 0 spiro atoms. The van der Waals surface area contributed by atoms with Crippen molar-refractivity contribution in [1.29, 1.82) is 0 Å². The Morgan fingerprint density at radius 1 is 0.562 bits per heavy atom. The van der Waals surface area contributed by atoms with Crippen LogP contribution in [0.2, 0.25) is 0 Å². The molecule has 0 aromatic rings. The molecule has 0 saturated carbocycles. The Kier molecular flexibility index (Phi) is 22.6. The summed E-state index contributed by atoms with van der Waals surface area (Å²) >= 11 is 0. The van der Waals surface area contributed by atoms with Crippen molar-refractivity contribution in [1.82, 2.24) is 0 Å². The zero-order chi connectivity index (χ0) is 23.4. The molecule has 0 aliphatic carbocycles. The highest BCUT2D eigenvalue weighted by Crippen LogP contribution is 2.13. The Morgan fingerprint density at radius 3 is 1.38 bits per heavy atom. The number of hydrogen-bond donors (Lipinski definition) is 0. The van der Waals surface area contributed by atoms with Gasteiger partial charge in [-0.2, -0.15) is 0 Å². The van der Waals surface area contributed by atoms with Gasteiger partial charge in [0.1, 0.15) is 6.11 Å². The summed E-state index contributed by atoms with van der Waals surface area (Å²) in [6.07, 6.45) is 24.2. The first kappa shape index (κ1) is 28.4. The van der Waals surface area contributed by atoms with Crippen LogP contribution in [0.4, 0.5) is 0 Å². The molecule has 0 unspecified atom stereocenters. The smallest absolute Gasteiger partial charge is 0.319 e. The molecule has 0 heterocycles. The van der Waals surface area contributed by atoms with Crippen LogP contribution < -0.4 is 0 Å². The van der Waals surface area contributed by atoms with Crippen LogP contribution in [0.3, 0.4) is 0 Å². The fourth-order valence-corrected chi connectivity index (χ4v) is 2.76. The third kappa shape index (κ3) is 24.4. The summed E-state index contributed by atoms with van der Waals surface area (Å²) in [5.74, 6) is 28.8. The summed E-state index contributed by atoms with van der Waals surface area (Å²) in [6.45, 7) is 2.25. The van der Waals surface area contributed by atoms with Crippen LogP contribution in [-0.4, -0.2) is 5.97 Å². The molecule has 164 valence electrons. The van der Waals surface area contributed by atoms with E-state index in [9.17, 15) is 4.79 Å². The van der Waals surface area contributed by atoms with Crippen molar-refractivity contribution in [2.75, 3.05) is 0 Å². The maximum Gasteiger partial charge on any atom is 0.319 e. The standard InChI is InChI=1S/C30H32O2/c1-3-5-7-9-11-13-15-17-18-20-22-24-26-28-30(31)32-29-27-25-23-21-19-16-14-12-10-8-6-4-2/h2H,3,5,7,9,11,13,15,17-18,20,22,24,26,28H2,1H3. The highest BCUT2D eigenvalue weighted by molar-refractivity contribution is 5.70. The monoisotopic (exact) mass is 424 g/mol. The second kappa shape index (κ2) is 25.4. The predicted octanol–water partition coefficient (Wildman–Crippen LogP) is 5.62. The molecule has 0 aromatic carbocycles. The zero-order valence-corrected chi connectivity index (χ0v) is 19.3. The van der Waals surface area contributed by atoms with Crippen molar-refractivity contribution in [2.45, 2.75) is 96.8 Å². The van der Waals surface area contributed by atoms with E-state index in [1.807, 2.05) is 0 Å². The normalized spacial score (nSPS) is 7.88. The van der Waals surface area contributed by atoms with E-state index in [0.717, 1.165) is 12.8 Å². The number of rotatable bonds is 14. The number of ether oxygens (including phenoxy) is 1. The minimum Gasteiger partial charge on any atom is -0.371 e. The number of carbonyl (C=O) groups is 1. The molecular formula is C30H32O2. The summed E-state index contributed by atoms with van der Waals surface area (Å²) in [6, 6.07) is 0. The van der Waals surface area contributed by atoms with E-state index >= 15 is 0 Å². The molecule has 32 heavy (non-hydrogen) atoms. The van der Waals surface area contributed by atoms with Crippen molar-refractivity contribution in [2.24, 2.45) is 0 Å². The lowest BCUT2D eigenvalue weighted by Gasteiger charge is -2.02. The lowest BCUT2D eigenvalue weighted by molar-refractivity contribution is -0.136. The van der Waals surface area contributed by atoms with Crippen LogP contribution in [0.5, 0.6) is 0 Å². The van der Waals surface area contributed by atoms with Gasteiger partial charge < -0.3 is 4.74 Å². The summed E-state index contributed by atoms with van der Waals surface area (Å²) in [4.78, 5) is 11.6. The quantitative estimate of drug-likeness (QED) is 0.205. The van der Waals surface area contributed by atoms with Gasteiger partial charge in [-0.1, -0.05) is 84.0 Å². The third-order valence-corrected chi connectivity index (χ3v) is 4.40. The second-order valence-electron chi connectivity index (χ2n) is 7.09. The van der Waals surface area contributed by atoms with E-state index in [-0.39, 0.29) is 5.97 Å². The SMILES string of the molecule is C#CC#CC#CC#CC#CC#CC#COC(=O)CCCCCCCCCCCCCCC. The lowest BCUT2D eigenvalue weighted by atomic mass is 10.0. The molecule has 0 radical (unpaired) electrons. The zero-order valence-electron chi connectivity index (χ0n) is 19.3. The van der Waals surface area contributed by atoms with Crippen molar-refractivity contribution in [3.05, 3.63) is 0 Å². The largest absolute Gasteiger partial charge is 0.371 e. The number of terminal acetylenes is 1. The van der Waals surface area contributed by atoms with Gasteiger partial charge in [0.2, 0.25) is 0 Å². The third-order valence-electron chi connectivity index (χ3n) is 4.40. The lowest BCUT2D eigenvalue weighted by Crippen LogP contribution is -1.99. The van der Waals surface area contributed by atoms with E-state index in [4.69, 9.17) is 11.2 Å². The average molecular weight is 425 g/mol. The Hall–Kier alpha value is -3.61. The van der Waals surface area contributed by atoms with Crippen LogP contribution in [-0.2, 0) is 9.53 Å². The minimum absolute atomic E-state index is 0.314. The summed E-state index contributed by atoms with van der Waals surface area (Å²) in [5, 5.41) is 0. The van der Waals surface area contributed by atoms with E-state index in [1.165, 1.54) is 70.6 Å². The molecule has 0 aromatic heterocycles. The van der Waals surface area contributed by atoms with E-state index < -0.39 is 0 Å². The van der Waals surface area contributed by atoms with Gasteiger partial charge in [0.05, 0.1) is 0 Å². The van der Waals surface area contributed by atoms with Crippen molar-refractivity contribution in [3.63, 3.8) is 0 Å². The molecule has 0 fully saturated rings. The molecule has 0 aliphatic rings. The van der Waals surface area contributed by atoms with Gasteiger partial charge in [-0.15, -0.1) is 6.42 Å². The maximum absolute atomic E-state index is 11.6. The number of carbonyl (C=O) groups excluding carboxylic acids is 1. The highest BCUT2D eigenvalue weighted by Gasteiger charge is 2.00. The summed E-state index contributed by atoms with van der Waals surface area (Å²) in [7, 11) is 0. The van der Waals surface area contributed by atoms with Crippen LogP contribution in [0, 0.1) is 83.6 Å². The van der Waals surface area contributed by atoms with Crippen LogP contribution >= 0.6 is 0 Å². The summed E-state index contributed by atoms with van der Waals surface area (Å²) < 4.78 is 4.82. The highest BCUT2D eigenvalue weighted by atomic mass is 16.5. The topological polar surface area (TPSA) is 26.3 Å². The number of esters is 1. The van der Waals surface area contributed by atoms with Gasteiger partial charge in [0.25, 0.3) is 0 Å². The molecule has 0 atom stereocenters. The molecule has 0 rings (SSSR count). The average Bonchev–Trinajstić information content (AvgIpc) is 2.80. The summed E-state index contributed by atoms with van der Waals surface area (Å²) in [5.41, 5.74) is 0. The van der Waals surface area contributed by atoms with Gasteiger partial charge in [-0.3, -0.25) is 4.79 Å². The van der Waals surface area contributed by atoms with Crippen molar-refractivity contribution in [3.8, 4) is 83.6 Å². The first-order valence-corrected chi connectivity index (χ1v) is 11.5. The Bertz CT molecular complexity index is 939. The van der Waals surface area contributed by atoms with Crippen molar-refractivity contribution >= 4 is 5.97 Å². The first-order chi connectivity index (χ1) is 15.8. The molecule has 2 heteroatoms. The number of unbranched alkanes of at least 4 members (excludes halogenated alkanes) is 12. The van der Waals surface area contributed by atoms with Gasteiger partial charge in [0.15, 0.2) is 0 Å². The van der Waals surface area contributed by atoms with E-state index in [0.29, 0.717) is 6.42 Å². The van der Waals surface area contributed by atoms with Gasteiger partial charge >= 0.3 is 5.97 Å². The molecule has 0 amide bonds. The minimum atomic E-state index is -0.314. The second-order valence-corrected chi connectivity index (χ2v) is 7.09. The molecule has 2 nitrogen and oxygen atoms in total. The van der Waals surface area contributed by atoms with Crippen LogP contribution in [0.25, 0.3) is 0 Å². The molecule has 0 N–H and O–H groups in total. The first-order valence-electron chi connectivity index (χ1n) is 11.5. The van der Waals surface area contributed by atoms with E-state index in [2.05, 4.69) is 84.1 Å². The van der Waals surface area contributed by atoms with Gasteiger partial charge in [0, 0.05) is 41.9 Å². The maximum atomic E-state index is 11.6. The van der Waals surface area contributed by atoms with Gasteiger partial charge in [-0.05, 0) is 41.9 Å². The van der Waals surface area contributed by atoms with Gasteiger partial charge in [-0.25, -0.2) is 0 Å². The van der Waals surface area contributed by atoms with Crippen LogP contribution in [0.15, 0.2) is 0 Å². The van der Waals surface area contributed by atoms with E-state index in [1.54, 1.807) is 0 Å². The van der Waals surface area contributed by atoms with Crippen LogP contribution in [0.1, 0.15) is 96.8 Å². The Balaban J connectivity index is 3.65. The molecule has 0 saturated heterocycles. The Morgan fingerprint density at radius 2 is 0.938 bits per heavy atom. The fourth-order valence-electron chi connectivity index (χ4n) is 2.76.